The third-order valence-corrected chi connectivity index (χ3v) is 2.63. The number of hydrogen-bond donors (Lipinski definition) is 1. The molecule has 1 atom stereocenters. The van der Waals surface area contributed by atoms with Crippen LogP contribution < -0.4 is 5.73 Å². The zero-order valence-corrected chi connectivity index (χ0v) is 11.2. The number of nitrogens with two attached hydrogens (primary N) is 1. The van der Waals surface area contributed by atoms with Crippen molar-refractivity contribution in [2.75, 3.05) is 20.8 Å². The fourth-order valence-electron chi connectivity index (χ4n) is 1.67. The van der Waals surface area contributed by atoms with E-state index in [-0.39, 0.29) is 5.91 Å². The smallest absolute Gasteiger partial charge is 0.239 e. The standard InChI is InChI=1S/C12H21N3O3/c1-9-7-10(14-18-9)8-15(2)12(16)11(13)5-4-6-17-3/h7,11H,4-6,8,13H2,1-3H3. The third-order valence-electron chi connectivity index (χ3n) is 2.63. The van der Waals surface area contributed by atoms with Crippen molar-refractivity contribution >= 4 is 5.91 Å². The molecule has 1 unspecified atom stereocenters. The summed E-state index contributed by atoms with van der Waals surface area (Å²) in [6.45, 7) is 2.84. The average molecular weight is 255 g/mol. The molecular formula is C12H21N3O3. The van der Waals surface area contributed by atoms with Crippen LogP contribution >= 0.6 is 0 Å². The molecule has 0 aliphatic heterocycles. The summed E-state index contributed by atoms with van der Waals surface area (Å²) in [7, 11) is 3.34. The monoisotopic (exact) mass is 255 g/mol. The van der Waals surface area contributed by atoms with E-state index in [1.807, 2.05) is 6.92 Å². The summed E-state index contributed by atoms with van der Waals surface area (Å²) >= 11 is 0. The topological polar surface area (TPSA) is 81.6 Å². The second-order valence-electron chi connectivity index (χ2n) is 4.36. The average Bonchev–Trinajstić information content (AvgIpc) is 2.73. The summed E-state index contributed by atoms with van der Waals surface area (Å²) in [4.78, 5) is 13.5. The number of likely N-dealkylation sites (N-methyl/N-ethyl adjacent to an activating group) is 1. The van der Waals surface area contributed by atoms with Crippen LogP contribution in [0.25, 0.3) is 0 Å². The molecule has 0 aliphatic rings. The lowest BCUT2D eigenvalue weighted by Crippen LogP contribution is -2.41. The van der Waals surface area contributed by atoms with Gasteiger partial charge in [-0.15, -0.1) is 0 Å². The first-order valence-electron chi connectivity index (χ1n) is 5.96. The Hall–Kier alpha value is -1.40. The van der Waals surface area contributed by atoms with Crippen molar-refractivity contribution in [3.8, 4) is 0 Å². The minimum atomic E-state index is -0.488. The Labute approximate surface area is 107 Å². The lowest BCUT2D eigenvalue weighted by Gasteiger charge is -2.20. The molecule has 6 nitrogen and oxygen atoms in total. The van der Waals surface area contributed by atoms with Gasteiger partial charge in [0.1, 0.15) is 11.5 Å². The van der Waals surface area contributed by atoms with E-state index in [2.05, 4.69) is 5.16 Å². The van der Waals surface area contributed by atoms with Crippen LogP contribution in [0.1, 0.15) is 24.3 Å². The number of amides is 1. The number of hydrogen-bond acceptors (Lipinski definition) is 5. The zero-order chi connectivity index (χ0) is 13.5. The molecule has 1 aromatic heterocycles. The second kappa shape index (κ2) is 7.13. The predicted molar refractivity (Wildman–Crippen MR) is 66.8 cm³/mol. The van der Waals surface area contributed by atoms with Gasteiger partial charge in [0.15, 0.2) is 0 Å². The Morgan fingerprint density at radius 2 is 2.39 bits per heavy atom. The van der Waals surface area contributed by atoms with E-state index in [1.165, 1.54) is 0 Å². The molecule has 1 rings (SSSR count). The summed E-state index contributed by atoms with van der Waals surface area (Å²) in [6, 6.07) is 1.32. The summed E-state index contributed by atoms with van der Waals surface area (Å²) in [5, 5.41) is 3.84. The van der Waals surface area contributed by atoms with Crippen LogP contribution in [0, 0.1) is 6.92 Å². The lowest BCUT2D eigenvalue weighted by atomic mass is 10.1. The molecule has 18 heavy (non-hydrogen) atoms. The molecule has 1 amide bonds. The maximum absolute atomic E-state index is 12.0. The molecule has 0 spiro atoms. The highest BCUT2D eigenvalue weighted by Gasteiger charge is 2.18. The van der Waals surface area contributed by atoms with Gasteiger partial charge in [0.2, 0.25) is 5.91 Å². The minimum Gasteiger partial charge on any atom is -0.385 e. The number of aromatic nitrogens is 1. The van der Waals surface area contributed by atoms with Crippen LogP contribution in [-0.4, -0.2) is 42.8 Å². The molecular weight excluding hydrogens is 234 g/mol. The van der Waals surface area contributed by atoms with E-state index in [0.29, 0.717) is 19.6 Å². The molecule has 102 valence electrons. The highest BCUT2D eigenvalue weighted by molar-refractivity contribution is 5.81. The molecule has 1 aromatic rings. The molecule has 0 saturated heterocycles. The van der Waals surface area contributed by atoms with Gasteiger partial charge in [-0.25, -0.2) is 0 Å². The summed E-state index contributed by atoms with van der Waals surface area (Å²) < 4.78 is 9.88. The number of ether oxygens (including phenoxy) is 1. The fraction of sp³-hybridized carbons (Fsp3) is 0.667. The van der Waals surface area contributed by atoms with Gasteiger partial charge in [-0.1, -0.05) is 5.16 Å². The summed E-state index contributed by atoms with van der Waals surface area (Å²) in [5.41, 5.74) is 6.56. The van der Waals surface area contributed by atoms with Gasteiger partial charge in [0.25, 0.3) is 0 Å². The number of methoxy groups -OCH3 is 1. The van der Waals surface area contributed by atoms with Gasteiger partial charge in [-0.2, -0.15) is 0 Å². The van der Waals surface area contributed by atoms with E-state index in [4.69, 9.17) is 15.0 Å². The molecule has 0 bridgehead atoms. The number of aryl methyl sites for hydroxylation is 1. The summed E-state index contributed by atoms with van der Waals surface area (Å²) in [6.07, 6.45) is 1.40. The van der Waals surface area contributed by atoms with Crippen LogP contribution in [0.4, 0.5) is 0 Å². The lowest BCUT2D eigenvalue weighted by molar-refractivity contribution is -0.132. The minimum absolute atomic E-state index is 0.0910. The largest absolute Gasteiger partial charge is 0.385 e. The number of nitrogens with zero attached hydrogens (tertiary/aromatic N) is 2. The summed E-state index contributed by atoms with van der Waals surface area (Å²) in [5.74, 6) is 0.641. The molecule has 6 heteroatoms. The van der Waals surface area contributed by atoms with Crippen LogP contribution in [-0.2, 0) is 16.1 Å². The highest BCUT2D eigenvalue weighted by Crippen LogP contribution is 2.06. The van der Waals surface area contributed by atoms with Gasteiger partial charge >= 0.3 is 0 Å². The molecule has 0 fully saturated rings. The van der Waals surface area contributed by atoms with Crippen molar-refractivity contribution in [3.05, 3.63) is 17.5 Å². The van der Waals surface area contributed by atoms with Gasteiger partial charge in [0, 0.05) is 26.8 Å². The number of carbonyl (C=O) groups excluding carboxylic acids is 1. The zero-order valence-electron chi connectivity index (χ0n) is 11.2. The third kappa shape index (κ3) is 4.46. The Balaban J connectivity index is 2.40. The maximum atomic E-state index is 12.0. The molecule has 0 saturated carbocycles. The van der Waals surface area contributed by atoms with Gasteiger partial charge in [0.05, 0.1) is 12.6 Å². The van der Waals surface area contributed by atoms with Crippen molar-refractivity contribution in [3.63, 3.8) is 0 Å². The quantitative estimate of drug-likeness (QED) is 0.725. The first-order valence-corrected chi connectivity index (χ1v) is 5.96. The van der Waals surface area contributed by atoms with Crippen molar-refractivity contribution in [2.45, 2.75) is 32.4 Å². The first kappa shape index (κ1) is 14.7. The van der Waals surface area contributed by atoms with E-state index in [1.54, 1.807) is 25.1 Å². The van der Waals surface area contributed by atoms with Crippen molar-refractivity contribution < 1.29 is 14.1 Å². The Morgan fingerprint density at radius 1 is 1.67 bits per heavy atom. The van der Waals surface area contributed by atoms with E-state index < -0.39 is 6.04 Å². The van der Waals surface area contributed by atoms with E-state index >= 15 is 0 Å². The van der Waals surface area contributed by atoms with Gasteiger partial charge in [-0.3, -0.25) is 4.79 Å². The van der Waals surface area contributed by atoms with Crippen LogP contribution in [0.3, 0.4) is 0 Å². The van der Waals surface area contributed by atoms with Crippen molar-refractivity contribution in [2.24, 2.45) is 5.73 Å². The second-order valence-corrected chi connectivity index (χ2v) is 4.36. The van der Waals surface area contributed by atoms with Crippen LogP contribution in [0.2, 0.25) is 0 Å². The SMILES string of the molecule is COCCCC(N)C(=O)N(C)Cc1cc(C)on1. The first-order chi connectivity index (χ1) is 8.54. The molecule has 0 radical (unpaired) electrons. The highest BCUT2D eigenvalue weighted by atomic mass is 16.5. The normalized spacial score (nSPS) is 12.4. The molecule has 0 aromatic carbocycles. The van der Waals surface area contributed by atoms with Crippen LogP contribution in [0.15, 0.2) is 10.6 Å². The van der Waals surface area contributed by atoms with Gasteiger partial charge < -0.3 is 19.9 Å². The number of rotatable bonds is 7. The maximum Gasteiger partial charge on any atom is 0.239 e. The van der Waals surface area contributed by atoms with Crippen LogP contribution in [0.5, 0.6) is 0 Å². The number of carbonyl (C=O) groups is 1. The molecule has 0 aliphatic carbocycles. The van der Waals surface area contributed by atoms with E-state index in [0.717, 1.165) is 17.9 Å². The van der Waals surface area contributed by atoms with Crippen molar-refractivity contribution in [1.82, 2.24) is 10.1 Å². The predicted octanol–water partition coefficient (Wildman–Crippen LogP) is 0.695. The van der Waals surface area contributed by atoms with Gasteiger partial charge in [-0.05, 0) is 19.8 Å². The van der Waals surface area contributed by atoms with Crippen molar-refractivity contribution in [1.29, 1.82) is 0 Å². The fourth-order valence-corrected chi connectivity index (χ4v) is 1.67. The Morgan fingerprint density at radius 3 is 2.94 bits per heavy atom. The molecule has 2 N–H and O–H groups in total. The van der Waals surface area contributed by atoms with E-state index in [9.17, 15) is 4.79 Å². The Bertz CT molecular complexity index is 378. The Kier molecular flexibility index (Phi) is 5.80. The molecule has 1 heterocycles.